The average Bonchev–Trinajstić information content (AvgIpc) is 3.52. The molecule has 228 valence electrons. The van der Waals surface area contributed by atoms with Crippen LogP contribution in [0.2, 0.25) is 0 Å². The van der Waals surface area contributed by atoms with Crippen molar-refractivity contribution in [1.82, 2.24) is 24.3 Å². The molecule has 0 bridgehead atoms. The van der Waals surface area contributed by atoms with Crippen molar-refractivity contribution in [3.8, 4) is 11.3 Å². The van der Waals surface area contributed by atoms with E-state index in [4.69, 9.17) is 10.7 Å². The molecule has 7 rings (SSSR count). The van der Waals surface area contributed by atoms with Gasteiger partial charge in [0.15, 0.2) is 0 Å². The van der Waals surface area contributed by atoms with E-state index in [1.54, 1.807) is 4.90 Å². The Morgan fingerprint density at radius 3 is 2.42 bits per heavy atom. The number of anilines is 2. The van der Waals surface area contributed by atoms with Crippen molar-refractivity contribution in [2.75, 3.05) is 36.8 Å². The van der Waals surface area contributed by atoms with Crippen molar-refractivity contribution >= 4 is 34.4 Å². The first-order chi connectivity index (χ1) is 20.7. The van der Waals surface area contributed by atoms with Crippen LogP contribution in [0.3, 0.4) is 0 Å². The Hall–Kier alpha value is -3.50. The fourth-order valence-electron chi connectivity index (χ4n) is 7.95. The monoisotopic (exact) mass is 585 g/mol. The molecule has 0 unspecified atom stereocenters. The molecule has 1 aromatic carbocycles. The summed E-state index contributed by atoms with van der Waals surface area (Å²) in [6.45, 7) is 8.93. The lowest BCUT2D eigenvalue weighted by Gasteiger charge is -2.48. The summed E-state index contributed by atoms with van der Waals surface area (Å²) in [6.07, 6.45) is 7.70. The maximum atomic E-state index is 14.5. The van der Waals surface area contributed by atoms with Crippen LogP contribution >= 0.6 is 0 Å². The van der Waals surface area contributed by atoms with E-state index in [-0.39, 0.29) is 23.9 Å². The summed E-state index contributed by atoms with van der Waals surface area (Å²) in [5.41, 5.74) is 11.1. The minimum Gasteiger partial charge on any atom is -0.384 e. The zero-order chi connectivity index (χ0) is 30.0. The zero-order valence-electron chi connectivity index (χ0n) is 25.5. The highest BCUT2D eigenvalue weighted by Gasteiger charge is 2.56. The number of benzene rings is 1. The van der Waals surface area contributed by atoms with E-state index in [1.807, 2.05) is 17.0 Å². The first-order valence-electron chi connectivity index (χ1n) is 16.0. The summed E-state index contributed by atoms with van der Waals surface area (Å²) in [5, 5.41) is 9.89. The maximum Gasteiger partial charge on any atom is 0.251 e. The second kappa shape index (κ2) is 10.6. The van der Waals surface area contributed by atoms with E-state index >= 15 is 0 Å². The van der Waals surface area contributed by atoms with Gasteiger partial charge < -0.3 is 30.1 Å². The lowest BCUT2D eigenvalue weighted by Crippen LogP contribution is -2.58. The molecule has 2 saturated heterocycles. The number of rotatable bonds is 5. The summed E-state index contributed by atoms with van der Waals surface area (Å²) in [7, 11) is 0. The third-order valence-corrected chi connectivity index (χ3v) is 10.5. The van der Waals surface area contributed by atoms with Crippen LogP contribution in [0.4, 0.5) is 11.5 Å². The first-order valence-corrected chi connectivity index (χ1v) is 16.0. The SMILES string of the molecule is CC(C)n1cnc2cc(-c3ccc4c(c3)N(C3CC(N5CCCCC5)C3)C(=O)C43CCN(C(=O)[C@@H](C)O)CC3)nc(N)c21. The van der Waals surface area contributed by atoms with Gasteiger partial charge in [0.25, 0.3) is 5.91 Å². The molecule has 1 aliphatic carbocycles. The molecule has 0 radical (unpaired) electrons. The van der Waals surface area contributed by atoms with Gasteiger partial charge in [-0.05, 0) is 90.1 Å². The molecule has 2 aromatic heterocycles. The van der Waals surface area contributed by atoms with Gasteiger partial charge in [-0.1, -0.05) is 18.6 Å². The molecule has 3 N–H and O–H groups in total. The predicted octanol–water partition coefficient (Wildman–Crippen LogP) is 3.87. The highest BCUT2D eigenvalue weighted by molar-refractivity contribution is 6.09. The summed E-state index contributed by atoms with van der Waals surface area (Å²) in [6, 6.07) is 9.17. The number of aliphatic hydroxyl groups is 1. The molecule has 10 nitrogen and oxygen atoms in total. The van der Waals surface area contributed by atoms with Gasteiger partial charge >= 0.3 is 0 Å². The van der Waals surface area contributed by atoms with Crippen LogP contribution in [-0.2, 0) is 15.0 Å². The topological polar surface area (TPSA) is 121 Å². The molecule has 5 heterocycles. The van der Waals surface area contributed by atoms with Crippen molar-refractivity contribution in [3.05, 3.63) is 36.2 Å². The van der Waals surface area contributed by atoms with Crippen LogP contribution in [0.1, 0.15) is 77.3 Å². The highest BCUT2D eigenvalue weighted by Crippen LogP contribution is 2.52. The van der Waals surface area contributed by atoms with Gasteiger partial charge in [-0.15, -0.1) is 0 Å². The van der Waals surface area contributed by atoms with Crippen molar-refractivity contribution in [1.29, 1.82) is 0 Å². The summed E-state index contributed by atoms with van der Waals surface area (Å²) in [4.78, 5) is 42.9. The van der Waals surface area contributed by atoms with Gasteiger partial charge in [0.1, 0.15) is 17.4 Å². The Balaban J connectivity index is 1.24. The Kier molecular flexibility index (Phi) is 6.97. The number of pyridine rings is 1. The number of carbonyl (C=O) groups is 2. The summed E-state index contributed by atoms with van der Waals surface area (Å²) in [5.74, 6) is 0.335. The van der Waals surface area contributed by atoms with Gasteiger partial charge in [0.2, 0.25) is 5.91 Å². The number of aliphatic hydroxyl groups excluding tert-OH is 1. The minimum absolute atomic E-state index is 0.157. The van der Waals surface area contributed by atoms with Crippen molar-refractivity contribution < 1.29 is 14.7 Å². The molecular formula is C33H43N7O3. The molecule has 4 aliphatic rings. The van der Waals surface area contributed by atoms with E-state index in [0.29, 0.717) is 37.8 Å². The summed E-state index contributed by atoms with van der Waals surface area (Å²) < 4.78 is 2.04. The van der Waals surface area contributed by atoms with Crippen LogP contribution in [0.5, 0.6) is 0 Å². The summed E-state index contributed by atoms with van der Waals surface area (Å²) >= 11 is 0. The number of nitrogen functional groups attached to an aromatic ring is 1. The second-order valence-corrected chi connectivity index (χ2v) is 13.4. The van der Waals surface area contributed by atoms with E-state index in [2.05, 4.69) is 46.8 Å². The minimum atomic E-state index is -1.04. The number of hydrogen-bond donors (Lipinski definition) is 2. The number of aromatic nitrogens is 3. The average molecular weight is 586 g/mol. The van der Waals surface area contributed by atoms with Gasteiger partial charge in [0.05, 0.1) is 23.0 Å². The number of amides is 2. The van der Waals surface area contributed by atoms with E-state index in [1.165, 1.54) is 26.2 Å². The molecule has 10 heteroatoms. The number of nitrogens with two attached hydrogens (primary N) is 1. The second-order valence-electron chi connectivity index (χ2n) is 13.4. The van der Waals surface area contributed by atoms with Gasteiger partial charge in [-0.2, -0.15) is 0 Å². The molecule has 3 aromatic rings. The van der Waals surface area contributed by atoms with E-state index < -0.39 is 11.5 Å². The van der Waals surface area contributed by atoms with Crippen molar-refractivity contribution in [2.24, 2.45) is 0 Å². The quantitative estimate of drug-likeness (QED) is 0.466. The third-order valence-electron chi connectivity index (χ3n) is 10.5. The lowest BCUT2D eigenvalue weighted by molar-refractivity contribution is -0.142. The van der Waals surface area contributed by atoms with Crippen LogP contribution in [0.15, 0.2) is 30.6 Å². The molecule has 1 spiro atoms. The third kappa shape index (κ3) is 4.52. The van der Waals surface area contributed by atoms with Crippen LogP contribution in [0.25, 0.3) is 22.3 Å². The Bertz CT molecular complexity index is 1560. The van der Waals surface area contributed by atoms with Crippen LogP contribution in [-0.4, -0.2) is 85.6 Å². The molecule has 2 amide bonds. The number of fused-ring (bicyclic) bond motifs is 3. The van der Waals surface area contributed by atoms with E-state index in [0.717, 1.165) is 59.5 Å². The molecule has 43 heavy (non-hydrogen) atoms. The largest absolute Gasteiger partial charge is 0.384 e. The number of hydrogen-bond acceptors (Lipinski definition) is 7. The van der Waals surface area contributed by atoms with Gasteiger partial charge in [0, 0.05) is 42.5 Å². The van der Waals surface area contributed by atoms with Crippen LogP contribution in [0, 0.1) is 0 Å². The fraction of sp³-hybridized carbons (Fsp3) is 0.576. The first kappa shape index (κ1) is 28.3. The number of imidazole rings is 1. The molecular weight excluding hydrogens is 542 g/mol. The number of likely N-dealkylation sites (tertiary alicyclic amines) is 2. The standard InChI is InChI=1S/C33H43N7O3/c1-20(2)39-19-35-27-18-26(36-30(34)29(27)39)22-7-8-25-28(15-22)40(24-16-23(17-24)37-11-5-4-6-12-37)32(43)33(25)9-13-38(14-10-33)31(42)21(3)41/h7-8,15,18-21,23-24,41H,4-6,9-14,16-17H2,1-3H3,(H2,34,36)/t21-,23?,24?/m1/s1. The Morgan fingerprint density at radius 2 is 1.74 bits per heavy atom. The fourth-order valence-corrected chi connectivity index (χ4v) is 7.95. The lowest BCUT2D eigenvalue weighted by atomic mass is 9.73. The zero-order valence-corrected chi connectivity index (χ0v) is 25.5. The van der Waals surface area contributed by atoms with Gasteiger partial charge in [-0.3, -0.25) is 9.59 Å². The Morgan fingerprint density at radius 1 is 1.02 bits per heavy atom. The van der Waals surface area contributed by atoms with Crippen LogP contribution < -0.4 is 10.6 Å². The Labute approximate surface area is 252 Å². The number of piperidine rings is 2. The predicted molar refractivity (Wildman–Crippen MR) is 167 cm³/mol. The molecule has 3 fully saturated rings. The number of carbonyl (C=O) groups excluding carboxylic acids is 2. The molecule has 1 atom stereocenters. The highest BCUT2D eigenvalue weighted by atomic mass is 16.3. The normalized spacial score (nSPS) is 24.5. The van der Waals surface area contributed by atoms with Crippen molar-refractivity contribution in [3.63, 3.8) is 0 Å². The van der Waals surface area contributed by atoms with E-state index in [9.17, 15) is 14.7 Å². The van der Waals surface area contributed by atoms with Gasteiger partial charge in [-0.25, -0.2) is 9.97 Å². The smallest absolute Gasteiger partial charge is 0.251 e. The molecule has 1 saturated carbocycles. The molecule has 3 aliphatic heterocycles. The maximum absolute atomic E-state index is 14.5. The van der Waals surface area contributed by atoms with Crippen molar-refractivity contribution in [2.45, 2.75) is 95.4 Å². The number of nitrogens with zero attached hydrogens (tertiary/aromatic N) is 6.